The molecular formula is C14H26N6O4. The number of carbonyl (C=O) groups excluding carboxylic acids is 2. The Morgan fingerprint density at radius 1 is 0.958 bits per heavy atom. The van der Waals surface area contributed by atoms with E-state index in [1.54, 1.807) is 4.90 Å². The number of nitrogens with zero attached hydrogens (tertiary/aromatic N) is 4. The molecule has 0 aromatic heterocycles. The molecule has 0 spiro atoms. The number of nitro groups is 1. The maximum absolute atomic E-state index is 12.2. The molecule has 0 radical (unpaired) electrons. The molecule has 10 nitrogen and oxygen atoms in total. The average Bonchev–Trinajstić information content (AvgIpc) is 2.56. The molecule has 136 valence electrons. The lowest BCUT2D eigenvalue weighted by Crippen LogP contribution is -2.73. The lowest BCUT2D eigenvalue weighted by atomic mass is 9.93. The van der Waals surface area contributed by atoms with Gasteiger partial charge in [-0.25, -0.2) is 0 Å². The first-order valence-electron chi connectivity index (χ1n) is 8.24. The predicted molar refractivity (Wildman–Crippen MR) is 86.2 cm³/mol. The molecule has 0 atom stereocenters. The van der Waals surface area contributed by atoms with Crippen LogP contribution in [-0.4, -0.2) is 83.0 Å². The molecule has 2 saturated heterocycles. The number of hydrogen-bond acceptors (Lipinski definition) is 7. The van der Waals surface area contributed by atoms with Gasteiger partial charge in [0, 0.05) is 17.8 Å². The van der Waals surface area contributed by atoms with Crippen molar-refractivity contribution in [2.24, 2.45) is 11.5 Å². The molecule has 24 heavy (non-hydrogen) atoms. The van der Waals surface area contributed by atoms with Crippen LogP contribution in [-0.2, 0) is 9.59 Å². The minimum Gasteiger partial charge on any atom is -0.330 e. The maximum Gasteiger partial charge on any atom is 0.269 e. The summed E-state index contributed by atoms with van der Waals surface area (Å²) in [6, 6.07) is 0. The van der Waals surface area contributed by atoms with E-state index < -0.39 is 5.54 Å². The SMILES string of the molecule is NCCCC(=O)N1CN2CN(C(=O)CCCN)CC([N+](=O)[O-])(C2)C1. The van der Waals surface area contributed by atoms with Gasteiger partial charge in [0.2, 0.25) is 11.8 Å². The van der Waals surface area contributed by atoms with E-state index in [2.05, 4.69) is 0 Å². The van der Waals surface area contributed by atoms with Crippen LogP contribution in [0.4, 0.5) is 0 Å². The number of hydrogen-bond donors (Lipinski definition) is 2. The number of nitrogens with two attached hydrogens (primary N) is 2. The largest absolute Gasteiger partial charge is 0.330 e. The van der Waals surface area contributed by atoms with Gasteiger partial charge in [0.05, 0.1) is 33.0 Å². The van der Waals surface area contributed by atoms with Crippen LogP contribution in [0, 0.1) is 10.1 Å². The highest BCUT2D eigenvalue weighted by Gasteiger charge is 2.55. The third-order valence-corrected chi connectivity index (χ3v) is 4.51. The van der Waals surface area contributed by atoms with E-state index in [-0.39, 0.29) is 49.2 Å². The molecule has 2 aliphatic rings. The first kappa shape index (κ1) is 18.6. The predicted octanol–water partition coefficient (Wildman–Crippen LogP) is -1.62. The lowest BCUT2D eigenvalue weighted by Gasteiger charge is -2.49. The summed E-state index contributed by atoms with van der Waals surface area (Å²) in [6.45, 7) is 1.74. The molecule has 4 N–H and O–H groups in total. The van der Waals surface area contributed by atoms with Crippen molar-refractivity contribution < 1.29 is 14.5 Å². The van der Waals surface area contributed by atoms with Crippen LogP contribution < -0.4 is 11.5 Å². The average molecular weight is 342 g/mol. The Balaban J connectivity index is 2.10. The van der Waals surface area contributed by atoms with Gasteiger partial charge in [0.1, 0.15) is 0 Å². The fraction of sp³-hybridized carbons (Fsp3) is 0.857. The van der Waals surface area contributed by atoms with Gasteiger partial charge in [-0.3, -0.25) is 24.6 Å². The monoisotopic (exact) mass is 342 g/mol. The fourth-order valence-electron chi connectivity index (χ4n) is 3.33. The van der Waals surface area contributed by atoms with Gasteiger partial charge in [-0.05, 0) is 25.9 Å². The van der Waals surface area contributed by atoms with Crippen molar-refractivity contribution in [3.8, 4) is 0 Å². The zero-order valence-corrected chi connectivity index (χ0v) is 13.9. The molecule has 0 aromatic carbocycles. The second kappa shape index (κ2) is 7.86. The Morgan fingerprint density at radius 2 is 1.42 bits per heavy atom. The van der Waals surface area contributed by atoms with Crippen molar-refractivity contribution in [3.05, 3.63) is 10.1 Å². The van der Waals surface area contributed by atoms with E-state index in [9.17, 15) is 19.7 Å². The Labute approximate surface area is 140 Å². The van der Waals surface area contributed by atoms with Crippen LogP contribution in [0.3, 0.4) is 0 Å². The molecule has 2 amide bonds. The topological polar surface area (TPSA) is 139 Å². The van der Waals surface area contributed by atoms with E-state index in [4.69, 9.17) is 11.5 Å². The van der Waals surface area contributed by atoms with Crippen LogP contribution in [0.5, 0.6) is 0 Å². The lowest BCUT2D eigenvalue weighted by molar-refractivity contribution is -0.579. The molecule has 0 aliphatic carbocycles. The van der Waals surface area contributed by atoms with E-state index >= 15 is 0 Å². The molecule has 0 saturated carbocycles. The Bertz CT molecular complexity index is 468. The van der Waals surface area contributed by atoms with Crippen molar-refractivity contribution in [3.63, 3.8) is 0 Å². The van der Waals surface area contributed by atoms with E-state index in [0.29, 0.717) is 39.3 Å². The van der Waals surface area contributed by atoms with Gasteiger partial charge in [0.25, 0.3) is 5.54 Å². The summed E-state index contributed by atoms with van der Waals surface area (Å²) >= 11 is 0. The van der Waals surface area contributed by atoms with Crippen LogP contribution in [0.15, 0.2) is 0 Å². The van der Waals surface area contributed by atoms with Crippen LogP contribution in [0.2, 0.25) is 0 Å². The molecule has 10 heteroatoms. The zero-order chi connectivity index (χ0) is 17.7. The van der Waals surface area contributed by atoms with Crippen LogP contribution in [0.1, 0.15) is 25.7 Å². The maximum atomic E-state index is 12.2. The fourth-order valence-corrected chi connectivity index (χ4v) is 3.33. The van der Waals surface area contributed by atoms with Crippen molar-refractivity contribution in [2.75, 3.05) is 46.1 Å². The van der Waals surface area contributed by atoms with Gasteiger partial charge in [0.15, 0.2) is 0 Å². The summed E-state index contributed by atoms with van der Waals surface area (Å²) in [5.74, 6) is -0.251. The third-order valence-electron chi connectivity index (χ3n) is 4.51. The summed E-state index contributed by atoms with van der Waals surface area (Å²) in [5, 5.41) is 11.7. The molecule has 2 fully saturated rings. The van der Waals surface area contributed by atoms with Crippen molar-refractivity contribution in [2.45, 2.75) is 31.2 Å². The Morgan fingerprint density at radius 3 is 1.79 bits per heavy atom. The van der Waals surface area contributed by atoms with E-state index in [1.807, 2.05) is 0 Å². The van der Waals surface area contributed by atoms with Gasteiger partial charge in [-0.2, -0.15) is 0 Å². The normalized spacial score (nSPS) is 26.3. The highest BCUT2D eigenvalue weighted by atomic mass is 16.6. The van der Waals surface area contributed by atoms with Crippen LogP contribution in [0.25, 0.3) is 0 Å². The van der Waals surface area contributed by atoms with Crippen molar-refractivity contribution >= 4 is 11.8 Å². The van der Waals surface area contributed by atoms with E-state index in [0.717, 1.165) is 0 Å². The molecule has 2 bridgehead atoms. The summed E-state index contributed by atoms with van der Waals surface area (Å²) in [6.07, 6.45) is 1.70. The molecule has 0 unspecified atom stereocenters. The standard InChI is InChI=1S/C14H26N6O4/c15-5-1-3-12(21)18-8-14(20(23)24)7-17(10-18)11-19(9-14)13(22)4-2-6-16/h1-11,15-16H2. The number of fused-ring (bicyclic) bond motifs is 2. The van der Waals surface area contributed by atoms with Crippen LogP contribution >= 0.6 is 0 Å². The van der Waals surface area contributed by atoms with Crippen molar-refractivity contribution in [1.82, 2.24) is 14.7 Å². The quantitative estimate of drug-likeness (QED) is 0.419. The summed E-state index contributed by atoms with van der Waals surface area (Å²) in [4.78, 5) is 40.7. The Kier molecular flexibility index (Phi) is 6.08. The molecule has 2 heterocycles. The van der Waals surface area contributed by atoms with E-state index in [1.165, 1.54) is 9.80 Å². The molecule has 0 aromatic rings. The number of amides is 2. The number of carbonyl (C=O) groups is 2. The Hall–Kier alpha value is -1.78. The van der Waals surface area contributed by atoms with Gasteiger partial charge >= 0.3 is 0 Å². The molecular weight excluding hydrogens is 316 g/mol. The van der Waals surface area contributed by atoms with Gasteiger partial charge in [-0.15, -0.1) is 0 Å². The van der Waals surface area contributed by atoms with Gasteiger partial charge in [-0.1, -0.05) is 0 Å². The second-order valence-electron chi connectivity index (χ2n) is 6.56. The first-order chi connectivity index (χ1) is 11.4. The first-order valence-corrected chi connectivity index (χ1v) is 8.24. The highest BCUT2D eigenvalue weighted by molar-refractivity contribution is 5.77. The second-order valence-corrected chi connectivity index (χ2v) is 6.56. The summed E-state index contributed by atoms with van der Waals surface area (Å²) in [5.41, 5.74) is 9.52. The smallest absolute Gasteiger partial charge is 0.269 e. The molecule has 2 aliphatic heterocycles. The summed E-state index contributed by atoms with van der Waals surface area (Å²) < 4.78 is 0. The minimum absolute atomic E-state index is 0.0283. The minimum atomic E-state index is -1.33. The number of rotatable bonds is 7. The zero-order valence-electron chi connectivity index (χ0n) is 13.9. The highest BCUT2D eigenvalue weighted by Crippen LogP contribution is 2.27. The van der Waals surface area contributed by atoms with Crippen molar-refractivity contribution in [1.29, 1.82) is 0 Å². The molecule has 2 rings (SSSR count). The summed E-state index contributed by atoms with van der Waals surface area (Å²) in [7, 11) is 0. The van der Waals surface area contributed by atoms with Gasteiger partial charge < -0.3 is 21.3 Å². The third kappa shape index (κ3) is 4.00.